The number of hydrogen-bond donors (Lipinski definition) is 1. The Labute approximate surface area is 125 Å². The topological polar surface area (TPSA) is 35.2 Å². The Morgan fingerprint density at radius 3 is 2.74 bits per heavy atom. The largest absolute Gasteiger partial charge is 0.377 e. The fourth-order valence-electron chi connectivity index (χ4n) is 2.32. The van der Waals surface area contributed by atoms with E-state index < -0.39 is 0 Å². The highest BCUT2D eigenvalue weighted by atomic mass is 35.5. The smallest absolute Gasteiger partial charge is 0.0666 e. The Hall–Kier alpha value is -0.220. The first-order valence-corrected chi connectivity index (χ1v) is 8.37. The van der Waals surface area contributed by atoms with Crippen LogP contribution < -0.4 is 5.73 Å². The molecular formula is C15H22ClNOS. The summed E-state index contributed by atoms with van der Waals surface area (Å²) in [6.45, 7) is 3.05. The van der Waals surface area contributed by atoms with Gasteiger partial charge in [-0.05, 0) is 37.0 Å². The molecule has 1 aromatic rings. The summed E-state index contributed by atoms with van der Waals surface area (Å²) in [5.41, 5.74) is 7.54. The van der Waals surface area contributed by atoms with Gasteiger partial charge >= 0.3 is 0 Å². The van der Waals surface area contributed by atoms with Crippen LogP contribution in [0.3, 0.4) is 0 Å². The number of rotatable bonds is 6. The van der Waals surface area contributed by atoms with Crippen LogP contribution in [-0.2, 0) is 4.74 Å². The predicted octanol–water partition coefficient (Wildman–Crippen LogP) is 4.03. The second kappa shape index (κ2) is 7.53. The lowest BCUT2D eigenvalue weighted by Gasteiger charge is -2.24. The van der Waals surface area contributed by atoms with Crippen molar-refractivity contribution in [1.82, 2.24) is 0 Å². The van der Waals surface area contributed by atoms with Crippen molar-refractivity contribution in [3.8, 4) is 0 Å². The van der Waals surface area contributed by atoms with Crippen LogP contribution >= 0.6 is 23.4 Å². The van der Waals surface area contributed by atoms with Gasteiger partial charge in [0.05, 0.1) is 6.10 Å². The molecular weight excluding hydrogens is 278 g/mol. The lowest BCUT2D eigenvalue weighted by Crippen LogP contribution is -2.27. The first-order valence-electron chi connectivity index (χ1n) is 6.95. The number of hydrogen-bond acceptors (Lipinski definition) is 3. The first-order chi connectivity index (χ1) is 9.20. The molecule has 0 bridgehead atoms. The quantitative estimate of drug-likeness (QED) is 0.861. The van der Waals surface area contributed by atoms with Crippen molar-refractivity contribution in [3.05, 3.63) is 34.9 Å². The molecule has 0 saturated carbocycles. The molecule has 1 fully saturated rings. The summed E-state index contributed by atoms with van der Waals surface area (Å²) < 4.78 is 5.69. The standard InChI is InChI=1S/C15H22ClNOS/c1-2-14(17)15(11-5-7-12(16)8-6-11)19-10-13-4-3-9-18-13/h5-8,13-15H,2-4,9-10,17H2,1H3. The molecule has 1 saturated heterocycles. The van der Waals surface area contributed by atoms with E-state index in [0.717, 1.165) is 23.8 Å². The fraction of sp³-hybridized carbons (Fsp3) is 0.600. The minimum atomic E-state index is 0.174. The summed E-state index contributed by atoms with van der Waals surface area (Å²) in [7, 11) is 0. The summed E-state index contributed by atoms with van der Waals surface area (Å²) in [5.74, 6) is 1.03. The summed E-state index contributed by atoms with van der Waals surface area (Å²) >= 11 is 7.87. The van der Waals surface area contributed by atoms with Crippen molar-refractivity contribution in [2.75, 3.05) is 12.4 Å². The van der Waals surface area contributed by atoms with E-state index in [9.17, 15) is 0 Å². The molecule has 2 nitrogen and oxygen atoms in total. The van der Waals surface area contributed by atoms with Gasteiger partial charge in [-0.1, -0.05) is 30.7 Å². The Morgan fingerprint density at radius 1 is 1.42 bits per heavy atom. The average molecular weight is 300 g/mol. The number of benzene rings is 1. The maximum atomic E-state index is 6.28. The van der Waals surface area contributed by atoms with E-state index in [1.165, 1.54) is 18.4 Å². The van der Waals surface area contributed by atoms with Crippen molar-refractivity contribution in [1.29, 1.82) is 0 Å². The Balaban J connectivity index is 2.00. The molecule has 1 aliphatic heterocycles. The van der Waals surface area contributed by atoms with Crippen LogP contribution in [0.4, 0.5) is 0 Å². The van der Waals surface area contributed by atoms with Gasteiger partial charge in [0.2, 0.25) is 0 Å². The average Bonchev–Trinajstić information content (AvgIpc) is 2.93. The Bertz CT molecular complexity index is 378. The highest BCUT2D eigenvalue weighted by Crippen LogP contribution is 2.35. The van der Waals surface area contributed by atoms with E-state index in [2.05, 4.69) is 19.1 Å². The van der Waals surface area contributed by atoms with E-state index in [4.69, 9.17) is 22.1 Å². The molecule has 19 heavy (non-hydrogen) atoms. The van der Waals surface area contributed by atoms with Gasteiger partial charge in [-0.15, -0.1) is 11.8 Å². The lowest BCUT2D eigenvalue weighted by atomic mass is 10.0. The zero-order valence-electron chi connectivity index (χ0n) is 11.3. The maximum absolute atomic E-state index is 6.28. The van der Waals surface area contributed by atoms with Gasteiger partial charge in [0, 0.05) is 28.7 Å². The molecule has 3 unspecified atom stereocenters. The maximum Gasteiger partial charge on any atom is 0.0666 e. The van der Waals surface area contributed by atoms with Crippen LogP contribution in [0, 0.1) is 0 Å². The molecule has 1 aromatic carbocycles. The predicted molar refractivity (Wildman–Crippen MR) is 83.9 cm³/mol. The van der Waals surface area contributed by atoms with E-state index >= 15 is 0 Å². The van der Waals surface area contributed by atoms with Crippen LogP contribution in [0.5, 0.6) is 0 Å². The number of thioether (sulfide) groups is 1. The molecule has 1 aliphatic rings. The molecule has 2 rings (SSSR count). The molecule has 2 N–H and O–H groups in total. The summed E-state index contributed by atoms with van der Waals surface area (Å²) in [5, 5.41) is 1.10. The van der Waals surface area contributed by atoms with E-state index in [1.807, 2.05) is 23.9 Å². The van der Waals surface area contributed by atoms with E-state index in [1.54, 1.807) is 0 Å². The van der Waals surface area contributed by atoms with Gasteiger partial charge in [0.1, 0.15) is 0 Å². The zero-order valence-corrected chi connectivity index (χ0v) is 12.9. The molecule has 0 amide bonds. The number of ether oxygens (including phenoxy) is 1. The minimum Gasteiger partial charge on any atom is -0.377 e. The van der Waals surface area contributed by atoms with Crippen molar-refractivity contribution in [2.45, 2.75) is 43.6 Å². The lowest BCUT2D eigenvalue weighted by molar-refractivity contribution is 0.128. The molecule has 4 heteroatoms. The van der Waals surface area contributed by atoms with Gasteiger partial charge in [0.25, 0.3) is 0 Å². The third kappa shape index (κ3) is 4.38. The van der Waals surface area contributed by atoms with Crippen LogP contribution in [0.1, 0.15) is 37.0 Å². The molecule has 0 spiro atoms. The summed E-state index contributed by atoms with van der Waals surface area (Å²) in [6.07, 6.45) is 3.76. The van der Waals surface area contributed by atoms with Crippen LogP contribution in [0.25, 0.3) is 0 Å². The van der Waals surface area contributed by atoms with Crippen molar-refractivity contribution in [2.24, 2.45) is 5.73 Å². The van der Waals surface area contributed by atoms with Gasteiger partial charge in [-0.25, -0.2) is 0 Å². The first kappa shape index (κ1) is 15.2. The normalized spacial score (nSPS) is 22.4. The zero-order chi connectivity index (χ0) is 13.7. The number of nitrogens with two attached hydrogens (primary N) is 1. The minimum absolute atomic E-state index is 0.174. The Kier molecular flexibility index (Phi) is 6.02. The molecule has 106 valence electrons. The fourth-order valence-corrected chi connectivity index (χ4v) is 3.92. The van der Waals surface area contributed by atoms with Crippen molar-refractivity contribution >= 4 is 23.4 Å². The molecule has 3 atom stereocenters. The monoisotopic (exact) mass is 299 g/mol. The SMILES string of the molecule is CCC(N)C(SCC1CCCO1)c1ccc(Cl)cc1. The van der Waals surface area contributed by atoms with E-state index in [-0.39, 0.29) is 6.04 Å². The summed E-state index contributed by atoms with van der Waals surface area (Å²) in [6, 6.07) is 8.24. The van der Waals surface area contributed by atoms with Crippen LogP contribution in [-0.4, -0.2) is 24.5 Å². The van der Waals surface area contributed by atoms with Gasteiger partial charge in [-0.2, -0.15) is 0 Å². The third-order valence-electron chi connectivity index (χ3n) is 3.54. The highest BCUT2D eigenvalue weighted by Gasteiger charge is 2.23. The van der Waals surface area contributed by atoms with Gasteiger partial charge in [-0.3, -0.25) is 0 Å². The highest BCUT2D eigenvalue weighted by molar-refractivity contribution is 7.99. The molecule has 1 heterocycles. The molecule has 0 aromatic heterocycles. The van der Waals surface area contributed by atoms with Crippen molar-refractivity contribution < 1.29 is 4.74 Å². The van der Waals surface area contributed by atoms with Crippen LogP contribution in [0.15, 0.2) is 24.3 Å². The third-order valence-corrected chi connectivity index (χ3v) is 5.34. The van der Waals surface area contributed by atoms with Gasteiger partial charge in [0.15, 0.2) is 0 Å². The summed E-state index contributed by atoms with van der Waals surface area (Å²) in [4.78, 5) is 0. The van der Waals surface area contributed by atoms with Crippen LogP contribution in [0.2, 0.25) is 5.02 Å². The van der Waals surface area contributed by atoms with Crippen molar-refractivity contribution in [3.63, 3.8) is 0 Å². The van der Waals surface area contributed by atoms with Gasteiger partial charge < -0.3 is 10.5 Å². The second-order valence-corrected chi connectivity index (χ2v) is 6.62. The molecule has 0 radical (unpaired) electrons. The Morgan fingerprint density at radius 2 is 2.16 bits per heavy atom. The second-order valence-electron chi connectivity index (χ2n) is 5.01. The molecule has 0 aliphatic carbocycles. The number of halogens is 1. The van der Waals surface area contributed by atoms with E-state index in [0.29, 0.717) is 11.4 Å².